The number of alkyl halides is 3. The van der Waals surface area contributed by atoms with Crippen LogP contribution in [0.2, 0.25) is 0 Å². The quantitative estimate of drug-likeness (QED) is 0.783. The van der Waals surface area contributed by atoms with Crippen LogP contribution in [0.4, 0.5) is 24.7 Å². The average Bonchev–Trinajstić information content (AvgIpc) is 2.89. The van der Waals surface area contributed by atoms with E-state index in [2.05, 4.69) is 15.4 Å². The molecule has 0 saturated heterocycles. The number of hydrogen-bond donors (Lipinski definition) is 1. The maximum absolute atomic E-state index is 12.8. The summed E-state index contributed by atoms with van der Waals surface area (Å²) < 4.78 is 39.7. The number of rotatable bonds is 2. The Morgan fingerprint density at radius 1 is 1.26 bits per heavy atom. The highest BCUT2D eigenvalue weighted by Gasteiger charge is 2.30. The molecule has 0 aliphatic carbocycles. The van der Waals surface area contributed by atoms with Gasteiger partial charge in [0, 0.05) is 17.4 Å². The summed E-state index contributed by atoms with van der Waals surface area (Å²) in [4.78, 5) is 4.22. The Morgan fingerprint density at radius 3 is 2.74 bits per heavy atom. The van der Waals surface area contributed by atoms with Crippen molar-refractivity contribution in [3.8, 4) is 6.07 Å². The molecule has 1 N–H and O–H groups in total. The minimum absolute atomic E-state index is 0.265. The third-order valence-electron chi connectivity index (χ3n) is 3.18. The number of nitriles is 1. The zero-order valence-electron chi connectivity index (χ0n) is 11.9. The van der Waals surface area contributed by atoms with Crippen molar-refractivity contribution in [3.63, 3.8) is 0 Å². The van der Waals surface area contributed by atoms with Crippen molar-refractivity contribution in [2.75, 3.05) is 5.32 Å². The molecule has 0 aliphatic heterocycles. The van der Waals surface area contributed by atoms with Crippen LogP contribution in [0.15, 0.2) is 36.5 Å². The van der Waals surface area contributed by atoms with Crippen LogP contribution >= 0.6 is 0 Å². The van der Waals surface area contributed by atoms with E-state index in [4.69, 9.17) is 5.26 Å². The Morgan fingerprint density at radius 2 is 2.04 bits per heavy atom. The highest BCUT2D eigenvalue weighted by molar-refractivity contribution is 5.64. The number of nitrogens with zero attached hydrogens (tertiary/aromatic N) is 4. The molecule has 2 aromatic heterocycles. The van der Waals surface area contributed by atoms with Crippen LogP contribution in [0, 0.1) is 18.3 Å². The first-order chi connectivity index (χ1) is 10.9. The summed E-state index contributed by atoms with van der Waals surface area (Å²) in [6.45, 7) is 1.73. The van der Waals surface area contributed by atoms with Crippen LogP contribution in [0.5, 0.6) is 0 Å². The van der Waals surface area contributed by atoms with Crippen molar-refractivity contribution < 1.29 is 13.2 Å². The van der Waals surface area contributed by atoms with Gasteiger partial charge in [0.2, 0.25) is 0 Å². The van der Waals surface area contributed by atoms with Crippen LogP contribution in [0.1, 0.15) is 16.8 Å². The SMILES string of the molecule is Cc1cc(Nc2cccc(C(F)(F)F)c2)n2ncc(C#N)c2n1. The normalized spacial score (nSPS) is 11.4. The van der Waals surface area contributed by atoms with E-state index in [0.29, 0.717) is 22.7 Å². The van der Waals surface area contributed by atoms with Crippen LogP contribution in [-0.2, 0) is 6.18 Å². The summed E-state index contributed by atoms with van der Waals surface area (Å²) in [5.41, 5.74) is 0.773. The fourth-order valence-corrected chi connectivity index (χ4v) is 2.17. The lowest BCUT2D eigenvalue weighted by atomic mass is 10.2. The Kier molecular flexibility index (Phi) is 3.41. The summed E-state index contributed by atoms with van der Waals surface area (Å²) in [5.74, 6) is 0.424. The van der Waals surface area contributed by atoms with Gasteiger partial charge < -0.3 is 5.32 Å². The molecular weight excluding hydrogens is 307 g/mol. The molecule has 3 aromatic rings. The Labute approximate surface area is 129 Å². The van der Waals surface area contributed by atoms with Crippen molar-refractivity contribution in [1.82, 2.24) is 14.6 Å². The summed E-state index contributed by atoms with van der Waals surface area (Å²) in [6, 6.07) is 8.46. The molecule has 0 fully saturated rings. The van der Waals surface area contributed by atoms with E-state index in [9.17, 15) is 13.2 Å². The molecular formula is C15H10F3N5. The van der Waals surface area contributed by atoms with Gasteiger partial charge in [0.1, 0.15) is 17.5 Å². The first-order valence-corrected chi connectivity index (χ1v) is 6.58. The molecule has 116 valence electrons. The molecule has 5 nitrogen and oxygen atoms in total. The smallest absolute Gasteiger partial charge is 0.340 e. The number of benzene rings is 1. The minimum atomic E-state index is -4.42. The molecule has 2 heterocycles. The zero-order valence-corrected chi connectivity index (χ0v) is 11.9. The van der Waals surface area contributed by atoms with Gasteiger partial charge in [0.25, 0.3) is 0 Å². The maximum Gasteiger partial charge on any atom is 0.416 e. The number of hydrogen-bond acceptors (Lipinski definition) is 4. The molecule has 0 aliphatic rings. The Hall–Kier alpha value is -3.08. The Bertz CT molecular complexity index is 921. The first-order valence-electron chi connectivity index (χ1n) is 6.58. The number of anilines is 2. The van der Waals surface area contributed by atoms with Gasteiger partial charge in [0.15, 0.2) is 5.65 Å². The molecule has 0 spiro atoms. The van der Waals surface area contributed by atoms with Crippen LogP contribution < -0.4 is 5.32 Å². The average molecular weight is 317 g/mol. The van der Waals surface area contributed by atoms with Gasteiger partial charge in [-0.15, -0.1) is 0 Å². The van der Waals surface area contributed by atoms with Gasteiger partial charge in [-0.25, -0.2) is 4.98 Å². The second kappa shape index (κ2) is 5.28. The lowest BCUT2D eigenvalue weighted by Gasteiger charge is -2.12. The van der Waals surface area contributed by atoms with E-state index < -0.39 is 11.7 Å². The van der Waals surface area contributed by atoms with E-state index in [-0.39, 0.29) is 5.69 Å². The molecule has 0 radical (unpaired) electrons. The standard InChI is InChI=1S/C15H10F3N5/c1-9-5-13(23-14(21-9)10(7-19)8-20-23)22-12-4-2-3-11(6-12)15(16,17)18/h2-6,8,22H,1H3. The number of halogens is 3. The largest absolute Gasteiger partial charge is 0.416 e. The van der Waals surface area contributed by atoms with Gasteiger partial charge in [-0.3, -0.25) is 0 Å². The van der Waals surface area contributed by atoms with Crippen molar-refractivity contribution in [1.29, 1.82) is 5.26 Å². The lowest BCUT2D eigenvalue weighted by molar-refractivity contribution is -0.137. The number of aromatic nitrogens is 3. The highest BCUT2D eigenvalue weighted by atomic mass is 19.4. The summed E-state index contributed by atoms with van der Waals surface area (Å²) >= 11 is 0. The predicted molar refractivity (Wildman–Crippen MR) is 77.2 cm³/mol. The molecule has 8 heteroatoms. The lowest BCUT2D eigenvalue weighted by Crippen LogP contribution is -2.06. The van der Waals surface area contributed by atoms with Crippen LogP contribution in [0.25, 0.3) is 5.65 Å². The second-order valence-electron chi connectivity index (χ2n) is 4.89. The van der Waals surface area contributed by atoms with E-state index in [0.717, 1.165) is 12.1 Å². The minimum Gasteiger partial charge on any atom is -0.340 e. The fourth-order valence-electron chi connectivity index (χ4n) is 2.17. The van der Waals surface area contributed by atoms with Crippen LogP contribution in [0.3, 0.4) is 0 Å². The van der Waals surface area contributed by atoms with Crippen molar-refractivity contribution in [3.05, 3.63) is 53.3 Å². The van der Waals surface area contributed by atoms with Gasteiger partial charge in [-0.05, 0) is 25.1 Å². The van der Waals surface area contributed by atoms with E-state index in [1.54, 1.807) is 13.0 Å². The van der Waals surface area contributed by atoms with Gasteiger partial charge in [-0.2, -0.15) is 28.0 Å². The summed E-state index contributed by atoms with van der Waals surface area (Å²) in [5, 5.41) is 16.0. The summed E-state index contributed by atoms with van der Waals surface area (Å²) in [7, 11) is 0. The van der Waals surface area contributed by atoms with Gasteiger partial charge >= 0.3 is 6.18 Å². The molecule has 0 atom stereocenters. The maximum atomic E-state index is 12.8. The molecule has 0 bridgehead atoms. The van der Waals surface area contributed by atoms with Crippen molar-refractivity contribution in [2.24, 2.45) is 0 Å². The predicted octanol–water partition coefficient (Wildman–Crippen LogP) is 3.67. The van der Waals surface area contributed by atoms with Crippen molar-refractivity contribution in [2.45, 2.75) is 13.1 Å². The van der Waals surface area contributed by atoms with Crippen molar-refractivity contribution >= 4 is 17.2 Å². The Balaban J connectivity index is 2.06. The monoisotopic (exact) mass is 317 g/mol. The highest BCUT2D eigenvalue weighted by Crippen LogP contribution is 2.31. The summed E-state index contributed by atoms with van der Waals surface area (Å²) in [6.07, 6.45) is -3.06. The molecule has 0 saturated carbocycles. The molecule has 23 heavy (non-hydrogen) atoms. The molecule has 1 aromatic carbocycles. The van der Waals surface area contributed by atoms with Gasteiger partial charge in [-0.1, -0.05) is 6.07 Å². The molecule has 0 amide bonds. The number of nitrogens with one attached hydrogen (secondary N) is 1. The van der Waals surface area contributed by atoms with E-state index in [1.807, 2.05) is 6.07 Å². The molecule has 0 unspecified atom stereocenters. The van der Waals surface area contributed by atoms with E-state index >= 15 is 0 Å². The second-order valence-corrected chi connectivity index (χ2v) is 4.89. The number of aryl methyl sites for hydroxylation is 1. The van der Waals surface area contributed by atoms with E-state index in [1.165, 1.54) is 22.8 Å². The zero-order chi connectivity index (χ0) is 16.6. The third kappa shape index (κ3) is 2.81. The fraction of sp³-hybridized carbons (Fsp3) is 0.133. The number of fused-ring (bicyclic) bond motifs is 1. The first kappa shape index (κ1) is 14.8. The van der Waals surface area contributed by atoms with Crippen LogP contribution in [-0.4, -0.2) is 14.6 Å². The molecule has 3 rings (SSSR count). The van der Waals surface area contributed by atoms with Gasteiger partial charge in [0.05, 0.1) is 11.8 Å². The third-order valence-corrected chi connectivity index (χ3v) is 3.18. The topological polar surface area (TPSA) is 66.0 Å².